The summed E-state index contributed by atoms with van der Waals surface area (Å²) in [6.07, 6.45) is 1.67. The van der Waals surface area contributed by atoms with E-state index < -0.39 is 5.97 Å². The van der Waals surface area contributed by atoms with Crippen LogP contribution < -0.4 is 10.5 Å². The molecule has 0 fully saturated rings. The molecule has 0 radical (unpaired) electrons. The number of hydrogen-bond donors (Lipinski definition) is 1. The molecule has 2 rings (SSSR count). The van der Waals surface area contributed by atoms with Gasteiger partial charge < -0.3 is 15.3 Å². The molecule has 0 aliphatic heterocycles. The molecule has 2 aromatic rings. The molecule has 22 heavy (non-hydrogen) atoms. The molecule has 7 nitrogen and oxygen atoms in total. The van der Waals surface area contributed by atoms with Crippen LogP contribution in [0.1, 0.15) is 23.0 Å². The molecule has 0 atom stereocenters. The number of halogens is 1. The molecule has 0 saturated heterocycles. The van der Waals surface area contributed by atoms with Crippen molar-refractivity contribution in [2.45, 2.75) is 13.5 Å². The van der Waals surface area contributed by atoms with E-state index in [1.165, 1.54) is 13.2 Å². The van der Waals surface area contributed by atoms with Crippen LogP contribution in [0.25, 0.3) is 0 Å². The van der Waals surface area contributed by atoms with E-state index in [1.807, 2.05) is 6.92 Å². The molecule has 0 aliphatic rings. The maximum absolute atomic E-state index is 11.8. The van der Waals surface area contributed by atoms with E-state index in [4.69, 9.17) is 26.9 Å². The first-order valence-electron chi connectivity index (χ1n) is 6.47. The zero-order valence-corrected chi connectivity index (χ0v) is 12.9. The van der Waals surface area contributed by atoms with Crippen LogP contribution in [0, 0.1) is 0 Å². The van der Waals surface area contributed by atoms with Gasteiger partial charge in [0.05, 0.1) is 12.7 Å². The highest BCUT2D eigenvalue weighted by molar-refractivity contribution is 6.31. The Bertz CT molecular complexity index is 712. The van der Waals surface area contributed by atoms with E-state index in [2.05, 4.69) is 10.3 Å². The second kappa shape index (κ2) is 6.95. The lowest BCUT2D eigenvalue weighted by Crippen LogP contribution is -2.16. The number of nitrogens with zero attached hydrogens (tertiary/aromatic N) is 3. The van der Waals surface area contributed by atoms with Gasteiger partial charge in [-0.05, 0) is 31.2 Å². The molecule has 2 N–H and O–H groups in total. The highest BCUT2D eigenvalue weighted by Crippen LogP contribution is 2.22. The number of hydrogen-bond acceptors (Lipinski definition) is 5. The Labute approximate surface area is 132 Å². The van der Waals surface area contributed by atoms with E-state index in [0.29, 0.717) is 22.9 Å². The molecule has 1 heterocycles. The second-order valence-corrected chi connectivity index (χ2v) is 4.69. The molecule has 0 amide bonds. The fourth-order valence-corrected chi connectivity index (χ4v) is 1.89. The lowest BCUT2D eigenvalue weighted by molar-refractivity contribution is 0.0508. The van der Waals surface area contributed by atoms with Gasteiger partial charge >= 0.3 is 5.97 Å². The van der Waals surface area contributed by atoms with Gasteiger partial charge in [-0.2, -0.15) is 5.10 Å². The summed E-state index contributed by atoms with van der Waals surface area (Å²) in [7, 11) is 1.49. The van der Waals surface area contributed by atoms with Crippen LogP contribution in [0.3, 0.4) is 0 Å². The first-order chi connectivity index (χ1) is 10.5. The Morgan fingerprint density at radius 2 is 2.23 bits per heavy atom. The van der Waals surface area contributed by atoms with Crippen molar-refractivity contribution < 1.29 is 14.4 Å². The normalized spacial score (nSPS) is 11.3. The van der Waals surface area contributed by atoms with Crippen molar-refractivity contribution >= 4 is 23.4 Å². The van der Waals surface area contributed by atoms with Gasteiger partial charge in [-0.3, -0.25) is 4.68 Å². The predicted octanol–water partition coefficient (Wildman–Crippen LogP) is 2.04. The maximum Gasteiger partial charge on any atom is 0.385 e. The molecule has 0 spiro atoms. The Morgan fingerprint density at radius 1 is 1.45 bits per heavy atom. The molecule has 1 aromatic heterocycles. The van der Waals surface area contributed by atoms with E-state index in [1.54, 1.807) is 29.1 Å². The third-order valence-electron chi connectivity index (χ3n) is 2.84. The van der Waals surface area contributed by atoms with Crippen LogP contribution in [0.5, 0.6) is 5.75 Å². The maximum atomic E-state index is 11.8. The smallest absolute Gasteiger partial charge is 0.385 e. The van der Waals surface area contributed by atoms with E-state index >= 15 is 0 Å². The molecule has 116 valence electrons. The molecule has 1 aromatic carbocycles. The summed E-state index contributed by atoms with van der Waals surface area (Å²) in [6.45, 7) is 2.56. The Balaban J connectivity index is 2.15. The number of amidine groups is 1. The highest BCUT2D eigenvalue weighted by atomic mass is 35.5. The van der Waals surface area contributed by atoms with E-state index in [-0.39, 0.29) is 11.5 Å². The van der Waals surface area contributed by atoms with Gasteiger partial charge in [0.2, 0.25) is 0 Å². The summed E-state index contributed by atoms with van der Waals surface area (Å²) in [5.41, 5.74) is 6.39. The van der Waals surface area contributed by atoms with Gasteiger partial charge in [0, 0.05) is 17.8 Å². The third-order valence-corrected chi connectivity index (χ3v) is 3.07. The molecular weight excluding hydrogens is 308 g/mol. The van der Waals surface area contributed by atoms with Crippen LogP contribution >= 0.6 is 11.6 Å². The summed E-state index contributed by atoms with van der Waals surface area (Å²) < 4.78 is 6.76. The van der Waals surface area contributed by atoms with Crippen molar-refractivity contribution in [2.75, 3.05) is 7.11 Å². The summed E-state index contributed by atoms with van der Waals surface area (Å²) in [6, 6.07) is 6.40. The van der Waals surface area contributed by atoms with Gasteiger partial charge in [-0.1, -0.05) is 16.8 Å². The van der Waals surface area contributed by atoms with Crippen LogP contribution in [-0.2, 0) is 11.4 Å². The van der Waals surface area contributed by atoms with Crippen molar-refractivity contribution in [3.63, 3.8) is 0 Å². The predicted molar refractivity (Wildman–Crippen MR) is 82.0 cm³/mol. The average Bonchev–Trinajstić information content (AvgIpc) is 3.01. The molecule has 0 aliphatic carbocycles. The third kappa shape index (κ3) is 3.56. The Morgan fingerprint density at radius 3 is 2.86 bits per heavy atom. The number of carbonyl (C=O) groups excluding carboxylic acids is 1. The van der Waals surface area contributed by atoms with Crippen molar-refractivity contribution in [3.8, 4) is 5.75 Å². The van der Waals surface area contributed by atoms with Crippen LogP contribution in [0.2, 0.25) is 5.02 Å². The molecule has 0 bridgehead atoms. The van der Waals surface area contributed by atoms with Crippen molar-refractivity contribution in [1.29, 1.82) is 0 Å². The number of rotatable bonds is 5. The summed E-state index contributed by atoms with van der Waals surface area (Å²) in [5.74, 6) is -0.254. The SMILES string of the molecule is CCn1ccc(C(=O)O/N=C(\N)c2cc(Cl)ccc2OC)n1. The number of ether oxygens (including phenoxy) is 1. The average molecular weight is 323 g/mol. The van der Waals surface area contributed by atoms with Gasteiger partial charge in [-0.15, -0.1) is 0 Å². The Hall–Kier alpha value is -2.54. The summed E-state index contributed by atoms with van der Waals surface area (Å²) in [4.78, 5) is 16.6. The van der Waals surface area contributed by atoms with Gasteiger partial charge in [-0.25, -0.2) is 4.79 Å². The highest BCUT2D eigenvalue weighted by Gasteiger charge is 2.13. The van der Waals surface area contributed by atoms with E-state index in [9.17, 15) is 4.79 Å². The first-order valence-corrected chi connectivity index (χ1v) is 6.85. The van der Waals surface area contributed by atoms with Crippen molar-refractivity contribution in [1.82, 2.24) is 9.78 Å². The fourth-order valence-electron chi connectivity index (χ4n) is 1.71. The van der Waals surface area contributed by atoms with Crippen molar-refractivity contribution in [2.24, 2.45) is 10.9 Å². The standard InChI is InChI=1S/C14H15ClN4O3/c1-3-19-7-6-11(17-19)14(20)22-18-13(16)10-8-9(15)4-5-12(10)21-2/h4-8H,3H2,1-2H3,(H2,16,18). The second-order valence-electron chi connectivity index (χ2n) is 4.26. The number of oxime groups is 1. The number of methoxy groups -OCH3 is 1. The zero-order valence-electron chi connectivity index (χ0n) is 12.1. The minimum atomic E-state index is -0.698. The minimum absolute atomic E-state index is 0.0253. The first kappa shape index (κ1) is 15.8. The number of aryl methyl sites for hydroxylation is 1. The molecule has 0 unspecified atom stereocenters. The molecule has 8 heteroatoms. The summed E-state index contributed by atoms with van der Waals surface area (Å²) >= 11 is 5.91. The van der Waals surface area contributed by atoms with Gasteiger partial charge in [0.25, 0.3) is 0 Å². The molecular formula is C14H15ClN4O3. The van der Waals surface area contributed by atoms with Crippen LogP contribution in [-0.4, -0.2) is 28.7 Å². The Kier molecular flexibility index (Phi) is 5.00. The molecule has 0 saturated carbocycles. The number of benzene rings is 1. The largest absolute Gasteiger partial charge is 0.496 e. The fraction of sp³-hybridized carbons (Fsp3) is 0.214. The van der Waals surface area contributed by atoms with Crippen molar-refractivity contribution in [3.05, 3.63) is 46.7 Å². The van der Waals surface area contributed by atoms with Crippen LogP contribution in [0.4, 0.5) is 0 Å². The summed E-state index contributed by atoms with van der Waals surface area (Å²) in [5, 5.41) is 8.09. The monoisotopic (exact) mass is 322 g/mol. The number of carbonyl (C=O) groups is 1. The van der Waals surface area contributed by atoms with Gasteiger partial charge in [0.1, 0.15) is 5.75 Å². The zero-order chi connectivity index (χ0) is 16.1. The van der Waals surface area contributed by atoms with E-state index in [0.717, 1.165) is 0 Å². The number of aromatic nitrogens is 2. The lowest BCUT2D eigenvalue weighted by atomic mass is 10.2. The number of nitrogens with two attached hydrogens (primary N) is 1. The minimum Gasteiger partial charge on any atom is -0.496 e. The topological polar surface area (TPSA) is 91.7 Å². The van der Waals surface area contributed by atoms with Gasteiger partial charge in [0.15, 0.2) is 11.5 Å². The van der Waals surface area contributed by atoms with Crippen LogP contribution in [0.15, 0.2) is 35.6 Å². The quantitative estimate of drug-likeness (QED) is 0.393. The lowest BCUT2D eigenvalue weighted by Gasteiger charge is -2.07.